The van der Waals surface area contributed by atoms with Gasteiger partial charge in [0.1, 0.15) is 0 Å². The van der Waals surface area contributed by atoms with Crippen molar-refractivity contribution in [1.29, 1.82) is 0 Å². The van der Waals surface area contributed by atoms with E-state index in [9.17, 15) is 0 Å². The predicted molar refractivity (Wildman–Crippen MR) is 67.1 cm³/mol. The molecule has 1 aromatic carbocycles. The van der Waals surface area contributed by atoms with Gasteiger partial charge in [-0.25, -0.2) is 4.68 Å². The lowest BCUT2D eigenvalue weighted by atomic mass is 10.1. The number of hydrogen-bond acceptors (Lipinski definition) is 4. The predicted octanol–water partition coefficient (Wildman–Crippen LogP) is 1.97. The van der Waals surface area contributed by atoms with Gasteiger partial charge in [0.05, 0.1) is 0 Å². The van der Waals surface area contributed by atoms with Crippen LogP contribution in [-0.4, -0.2) is 20.2 Å². The fourth-order valence-corrected chi connectivity index (χ4v) is 1.62. The second kappa shape index (κ2) is 4.95. The quantitative estimate of drug-likeness (QED) is 0.817. The molecule has 2 aromatic rings. The maximum atomic E-state index is 5.76. The average molecular weight is 231 g/mol. The fraction of sp³-hybridized carbons (Fsp3) is 0.417. The third-order valence-corrected chi connectivity index (χ3v) is 2.59. The van der Waals surface area contributed by atoms with E-state index in [0.717, 1.165) is 30.0 Å². The fourth-order valence-electron chi connectivity index (χ4n) is 1.62. The Morgan fingerprint density at radius 2 is 2.18 bits per heavy atom. The summed E-state index contributed by atoms with van der Waals surface area (Å²) in [5.74, 6) is 1.41. The zero-order valence-electron chi connectivity index (χ0n) is 10.2. The molecule has 2 rings (SSSR count). The number of nitrogen functional groups attached to an aromatic ring is 1. The van der Waals surface area contributed by atoms with Gasteiger partial charge >= 0.3 is 0 Å². The highest BCUT2D eigenvalue weighted by Gasteiger charge is 2.09. The summed E-state index contributed by atoms with van der Waals surface area (Å²) in [5, 5.41) is 11.8. The third-order valence-electron chi connectivity index (χ3n) is 2.59. The first-order valence-corrected chi connectivity index (χ1v) is 5.79. The SMILES string of the molecule is CC(C)CCn1nnnc1-c1cccc(N)c1. The Morgan fingerprint density at radius 1 is 1.35 bits per heavy atom. The van der Waals surface area contributed by atoms with Crippen LogP contribution in [0.25, 0.3) is 11.4 Å². The largest absolute Gasteiger partial charge is 0.399 e. The van der Waals surface area contributed by atoms with E-state index in [0.29, 0.717) is 5.92 Å². The van der Waals surface area contributed by atoms with Gasteiger partial charge in [0.15, 0.2) is 5.82 Å². The average Bonchev–Trinajstić information content (AvgIpc) is 2.74. The van der Waals surface area contributed by atoms with Gasteiger partial charge < -0.3 is 5.73 Å². The van der Waals surface area contributed by atoms with Crippen molar-refractivity contribution in [2.75, 3.05) is 5.73 Å². The van der Waals surface area contributed by atoms with Crippen LogP contribution < -0.4 is 5.73 Å². The molecule has 0 amide bonds. The van der Waals surface area contributed by atoms with Gasteiger partial charge in [-0.15, -0.1) is 5.10 Å². The Hall–Kier alpha value is -1.91. The van der Waals surface area contributed by atoms with E-state index in [1.54, 1.807) is 0 Å². The summed E-state index contributed by atoms with van der Waals surface area (Å²) in [6.07, 6.45) is 1.06. The summed E-state index contributed by atoms with van der Waals surface area (Å²) in [6.45, 7) is 5.20. The van der Waals surface area contributed by atoms with Crippen molar-refractivity contribution < 1.29 is 0 Å². The number of tetrazole rings is 1. The van der Waals surface area contributed by atoms with Gasteiger partial charge in [-0.05, 0) is 34.9 Å². The molecule has 0 fully saturated rings. The molecule has 0 radical (unpaired) electrons. The van der Waals surface area contributed by atoms with Gasteiger partial charge in [-0.3, -0.25) is 0 Å². The van der Waals surface area contributed by atoms with Crippen LogP contribution >= 0.6 is 0 Å². The van der Waals surface area contributed by atoms with Crippen LogP contribution in [0.2, 0.25) is 0 Å². The molecule has 0 aliphatic carbocycles. The summed E-state index contributed by atoms with van der Waals surface area (Å²) in [7, 11) is 0. The van der Waals surface area contributed by atoms with E-state index in [4.69, 9.17) is 5.73 Å². The highest BCUT2D eigenvalue weighted by atomic mass is 15.5. The Morgan fingerprint density at radius 3 is 2.88 bits per heavy atom. The van der Waals surface area contributed by atoms with Gasteiger partial charge in [-0.1, -0.05) is 26.0 Å². The van der Waals surface area contributed by atoms with E-state index >= 15 is 0 Å². The molecular weight excluding hydrogens is 214 g/mol. The van der Waals surface area contributed by atoms with Crippen molar-refractivity contribution >= 4 is 5.69 Å². The van der Waals surface area contributed by atoms with Gasteiger partial charge in [-0.2, -0.15) is 0 Å². The zero-order valence-corrected chi connectivity index (χ0v) is 10.2. The normalized spacial score (nSPS) is 11.0. The van der Waals surface area contributed by atoms with E-state index in [2.05, 4.69) is 29.4 Å². The standard InChI is InChI=1S/C12H17N5/c1-9(2)6-7-17-12(14-15-16-17)10-4-3-5-11(13)8-10/h3-5,8-9H,6-7,13H2,1-2H3. The molecule has 5 nitrogen and oxygen atoms in total. The number of hydrogen-bond donors (Lipinski definition) is 1. The molecule has 1 aromatic heterocycles. The molecule has 5 heteroatoms. The van der Waals surface area contributed by atoms with Crippen molar-refractivity contribution in [3.05, 3.63) is 24.3 Å². The maximum absolute atomic E-state index is 5.76. The summed E-state index contributed by atoms with van der Waals surface area (Å²) in [5.41, 5.74) is 7.44. The molecule has 0 unspecified atom stereocenters. The van der Waals surface area contributed by atoms with Crippen molar-refractivity contribution in [3.63, 3.8) is 0 Å². The van der Waals surface area contributed by atoms with Crippen LogP contribution in [0.3, 0.4) is 0 Å². The number of anilines is 1. The molecule has 0 atom stereocenters. The Kier molecular flexibility index (Phi) is 3.37. The molecule has 0 aliphatic rings. The number of nitrogens with two attached hydrogens (primary N) is 1. The minimum Gasteiger partial charge on any atom is -0.399 e. The monoisotopic (exact) mass is 231 g/mol. The molecule has 0 aliphatic heterocycles. The van der Waals surface area contributed by atoms with Crippen molar-refractivity contribution in [3.8, 4) is 11.4 Å². The van der Waals surface area contributed by atoms with Gasteiger partial charge in [0, 0.05) is 17.8 Å². The van der Waals surface area contributed by atoms with Gasteiger partial charge in [0.2, 0.25) is 0 Å². The smallest absolute Gasteiger partial charge is 0.182 e. The van der Waals surface area contributed by atoms with Crippen molar-refractivity contribution in [1.82, 2.24) is 20.2 Å². The second-order valence-corrected chi connectivity index (χ2v) is 4.53. The molecule has 0 bridgehead atoms. The maximum Gasteiger partial charge on any atom is 0.182 e. The summed E-state index contributed by atoms with van der Waals surface area (Å²) >= 11 is 0. The van der Waals surface area contributed by atoms with E-state index in [1.165, 1.54) is 0 Å². The molecule has 1 heterocycles. The van der Waals surface area contributed by atoms with Crippen LogP contribution in [0.5, 0.6) is 0 Å². The zero-order chi connectivity index (χ0) is 12.3. The second-order valence-electron chi connectivity index (χ2n) is 4.53. The lowest BCUT2D eigenvalue weighted by Crippen LogP contribution is -2.05. The minimum atomic E-state index is 0.632. The highest BCUT2D eigenvalue weighted by Crippen LogP contribution is 2.18. The molecular formula is C12H17N5. The number of aryl methyl sites for hydroxylation is 1. The topological polar surface area (TPSA) is 69.6 Å². The summed E-state index contributed by atoms with van der Waals surface area (Å²) in [6, 6.07) is 7.61. The van der Waals surface area contributed by atoms with Crippen LogP contribution in [0, 0.1) is 5.92 Å². The number of nitrogens with zero attached hydrogens (tertiary/aromatic N) is 4. The Bertz CT molecular complexity index is 489. The third kappa shape index (κ3) is 2.81. The number of benzene rings is 1. The van der Waals surface area contributed by atoms with E-state index in [-0.39, 0.29) is 0 Å². The molecule has 17 heavy (non-hydrogen) atoms. The van der Waals surface area contributed by atoms with Crippen LogP contribution in [0.4, 0.5) is 5.69 Å². The first-order valence-electron chi connectivity index (χ1n) is 5.79. The summed E-state index contributed by atoms with van der Waals surface area (Å²) in [4.78, 5) is 0. The van der Waals surface area contributed by atoms with E-state index < -0.39 is 0 Å². The molecule has 0 saturated carbocycles. The Balaban J connectivity index is 2.24. The lowest BCUT2D eigenvalue weighted by molar-refractivity contribution is 0.481. The molecule has 2 N–H and O–H groups in total. The number of aromatic nitrogens is 4. The summed E-state index contributed by atoms with van der Waals surface area (Å²) < 4.78 is 1.83. The molecule has 0 spiro atoms. The molecule has 0 saturated heterocycles. The van der Waals surface area contributed by atoms with Crippen molar-refractivity contribution in [2.45, 2.75) is 26.8 Å². The van der Waals surface area contributed by atoms with Crippen LogP contribution in [0.1, 0.15) is 20.3 Å². The minimum absolute atomic E-state index is 0.632. The number of rotatable bonds is 4. The van der Waals surface area contributed by atoms with Crippen LogP contribution in [0.15, 0.2) is 24.3 Å². The van der Waals surface area contributed by atoms with Gasteiger partial charge in [0.25, 0.3) is 0 Å². The van der Waals surface area contributed by atoms with E-state index in [1.807, 2.05) is 28.9 Å². The first kappa shape index (κ1) is 11.6. The van der Waals surface area contributed by atoms with Crippen LogP contribution in [-0.2, 0) is 6.54 Å². The van der Waals surface area contributed by atoms with Crippen molar-refractivity contribution in [2.24, 2.45) is 5.92 Å². The lowest BCUT2D eigenvalue weighted by Gasteiger charge is -2.07. The Labute approximate surface area is 101 Å². The molecule has 90 valence electrons. The highest BCUT2D eigenvalue weighted by molar-refractivity contribution is 5.60. The first-order chi connectivity index (χ1) is 8.16.